The number of benzene rings is 1. The Bertz CT molecular complexity index is 425. The fraction of sp³-hybridized carbons (Fsp3) is 0. The first-order valence-corrected chi connectivity index (χ1v) is 5.15. The van der Waals surface area contributed by atoms with Crippen LogP contribution in [0, 0.1) is 0 Å². The summed E-state index contributed by atoms with van der Waals surface area (Å²) >= 11 is 1.60. The molecule has 0 spiro atoms. The molecule has 2 aromatic heterocycles. The van der Waals surface area contributed by atoms with Crippen molar-refractivity contribution in [2.75, 3.05) is 0 Å². The average Bonchev–Trinajstić information content (AvgIpc) is 2.92. The fourth-order valence-electron chi connectivity index (χ4n) is 1.08. The second-order valence-electron chi connectivity index (χ2n) is 2.63. The van der Waals surface area contributed by atoms with Crippen LogP contribution in [0.3, 0.4) is 0 Å². The predicted molar refractivity (Wildman–Crippen MR) is 58.3 cm³/mol. The summed E-state index contributed by atoms with van der Waals surface area (Å²) in [4.78, 5) is 3.74. The van der Waals surface area contributed by atoms with Crippen LogP contribution in [0.4, 0.5) is 0 Å². The highest BCUT2D eigenvalue weighted by atomic mass is 32.1. The maximum absolute atomic E-state index is 5.12. The molecule has 3 heteroatoms. The Labute approximate surface area is 85.8 Å². The maximum Gasteiger partial charge on any atom is 0.133 e. The minimum Gasteiger partial charge on any atom is -0.464 e. The zero-order valence-corrected chi connectivity index (χ0v) is 8.28. The van der Waals surface area contributed by atoms with E-state index in [1.165, 1.54) is 0 Å². The number of hydrogen-bond donors (Lipinski definition) is 0. The molecule has 0 aliphatic carbocycles. The molecule has 3 aromatic rings. The van der Waals surface area contributed by atoms with Gasteiger partial charge in [0, 0.05) is 17.0 Å². The van der Waals surface area contributed by atoms with Crippen LogP contribution < -0.4 is 0 Å². The van der Waals surface area contributed by atoms with Crippen LogP contribution in [0.5, 0.6) is 0 Å². The molecule has 0 aliphatic rings. The molecule has 0 aliphatic heterocycles. The van der Waals surface area contributed by atoms with E-state index in [0.29, 0.717) is 0 Å². The number of furan rings is 1. The van der Waals surface area contributed by atoms with Gasteiger partial charge in [0.15, 0.2) is 0 Å². The van der Waals surface area contributed by atoms with Gasteiger partial charge >= 0.3 is 0 Å². The van der Waals surface area contributed by atoms with E-state index >= 15 is 0 Å². The molecule has 70 valence electrons. The lowest BCUT2D eigenvalue weighted by atomic mass is 10.3. The highest BCUT2D eigenvalue weighted by molar-refractivity contribution is 7.07. The third-order valence-electron chi connectivity index (χ3n) is 1.71. The highest BCUT2D eigenvalue weighted by Crippen LogP contribution is 2.12. The van der Waals surface area contributed by atoms with E-state index in [1.54, 1.807) is 29.3 Å². The maximum atomic E-state index is 5.12. The third kappa shape index (κ3) is 2.20. The Morgan fingerprint density at radius 3 is 2.71 bits per heavy atom. The lowest BCUT2D eigenvalue weighted by molar-refractivity contribution is 0.616. The second-order valence-corrected chi connectivity index (χ2v) is 3.39. The van der Waals surface area contributed by atoms with Gasteiger partial charge < -0.3 is 4.42 Å². The summed E-state index contributed by atoms with van der Waals surface area (Å²) in [6.45, 7) is 0. The number of hydrogen-bond acceptors (Lipinski definition) is 3. The summed E-state index contributed by atoms with van der Waals surface area (Å²) in [6.07, 6.45) is 3.47. The summed E-state index contributed by atoms with van der Waals surface area (Å²) in [5.41, 5.74) is 2.75. The van der Waals surface area contributed by atoms with E-state index in [9.17, 15) is 0 Å². The van der Waals surface area contributed by atoms with E-state index in [-0.39, 0.29) is 0 Å². The van der Waals surface area contributed by atoms with Gasteiger partial charge in [0.05, 0.1) is 11.8 Å². The molecule has 0 saturated carbocycles. The van der Waals surface area contributed by atoms with E-state index in [1.807, 2.05) is 35.7 Å². The number of thiazole rings is 1. The Morgan fingerprint density at radius 1 is 1.14 bits per heavy atom. The van der Waals surface area contributed by atoms with Gasteiger partial charge in [0.1, 0.15) is 5.58 Å². The van der Waals surface area contributed by atoms with Crippen LogP contribution >= 0.6 is 11.3 Å². The van der Waals surface area contributed by atoms with Crippen LogP contribution in [0.15, 0.2) is 58.1 Å². The summed E-state index contributed by atoms with van der Waals surface area (Å²) in [7, 11) is 0. The van der Waals surface area contributed by atoms with E-state index in [2.05, 4.69) is 4.98 Å². The molecular formula is C11H9NOS. The minimum absolute atomic E-state index is 0.956. The predicted octanol–water partition coefficient (Wildman–Crippen LogP) is 3.58. The van der Waals surface area contributed by atoms with Gasteiger partial charge in [-0.15, -0.1) is 11.3 Å². The van der Waals surface area contributed by atoms with Gasteiger partial charge in [0.25, 0.3) is 0 Å². The molecule has 0 fully saturated rings. The Balaban J connectivity index is 0.000000128. The number of para-hydroxylation sites is 1. The van der Waals surface area contributed by atoms with Crippen molar-refractivity contribution >= 4 is 22.3 Å². The molecule has 0 amide bonds. The molecule has 0 unspecified atom stereocenters. The SMILES string of the molecule is c1ccc2occc2c1.c1cscn1. The smallest absolute Gasteiger partial charge is 0.133 e. The van der Waals surface area contributed by atoms with Gasteiger partial charge in [-0.2, -0.15) is 0 Å². The van der Waals surface area contributed by atoms with Crippen molar-refractivity contribution in [3.63, 3.8) is 0 Å². The molecule has 0 radical (unpaired) electrons. The first-order chi connectivity index (χ1) is 6.97. The van der Waals surface area contributed by atoms with Crippen molar-refractivity contribution in [2.45, 2.75) is 0 Å². The first-order valence-electron chi connectivity index (χ1n) is 4.21. The van der Waals surface area contributed by atoms with Crippen molar-refractivity contribution in [1.82, 2.24) is 4.98 Å². The van der Waals surface area contributed by atoms with E-state index in [0.717, 1.165) is 11.0 Å². The molecule has 2 nitrogen and oxygen atoms in total. The Hall–Kier alpha value is -1.61. The quantitative estimate of drug-likeness (QED) is 0.558. The lowest BCUT2D eigenvalue weighted by Gasteiger charge is -1.81. The van der Waals surface area contributed by atoms with Gasteiger partial charge in [0.2, 0.25) is 0 Å². The van der Waals surface area contributed by atoms with Crippen molar-refractivity contribution in [2.24, 2.45) is 0 Å². The molecule has 14 heavy (non-hydrogen) atoms. The largest absolute Gasteiger partial charge is 0.464 e. The van der Waals surface area contributed by atoms with Crippen LogP contribution in [0.25, 0.3) is 11.0 Å². The van der Waals surface area contributed by atoms with Crippen LogP contribution in [-0.2, 0) is 0 Å². The standard InChI is InChI=1S/C8H6O.C3H3NS/c1-2-4-8-7(3-1)5-6-9-8;1-2-5-3-4-1/h1-6H;1-3H. The summed E-state index contributed by atoms with van der Waals surface area (Å²) in [5.74, 6) is 0. The minimum atomic E-state index is 0.956. The number of fused-ring (bicyclic) bond motifs is 1. The lowest BCUT2D eigenvalue weighted by Crippen LogP contribution is -1.57. The van der Waals surface area contributed by atoms with Crippen LogP contribution in [-0.4, -0.2) is 4.98 Å². The molecule has 0 N–H and O–H groups in total. The second kappa shape index (κ2) is 4.58. The number of aromatic nitrogens is 1. The van der Waals surface area contributed by atoms with Gasteiger partial charge in [-0.3, -0.25) is 4.98 Å². The Kier molecular flexibility index (Phi) is 2.93. The third-order valence-corrected chi connectivity index (χ3v) is 2.23. The Morgan fingerprint density at radius 2 is 2.07 bits per heavy atom. The normalized spacial score (nSPS) is 9.43. The van der Waals surface area contributed by atoms with Gasteiger partial charge in [-0.25, -0.2) is 0 Å². The van der Waals surface area contributed by atoms with Crippen molar-refractivity contribution in [1.29, 1.82) is 0 Å². The topological polar surface area (TPSA) is 26.0 Å². The average molecular weight is 203 g/mol. The fourth-order valence-corrected chi connectivity index (χ4v) is 1.43. The van der Waals surface area contributed by atoms with E-state index in [4.69, 9.17) is 4.42 Å². The van der Waals surface area contributed by atoms with Crippen LogP contribution in [0.2, 0.25) is 0 Å². The molecule has 3 rings (SSSR count). The van der Waals surface area contributed by atoms with Gasteiger partial charge in [-0.05, 0) is 12.1 Å². The zero-order valence-electron chi connectivity index (χ0n) is 7.46. The number of rotatable bonds is 0. The first kappa shape index (κ1) is 8.97. The summed E-state index contributed by atoms with van der Waals surface area (Å²) in [6, 6.07) is 9.90. The molecule has 1 aromatic carbocycles. The molecule has 0 saturated heterocycles. The van der Waals surface area contributed by atoms with E-state index < -0.39 is 0 Å². The summed E-state index contributed by atoms with van der Waals surface area (Å²) in [5, 5.41) is 3.09. The molecule has 0 bridgehead atoms. The number of nitrogens with zero attached hydrogens (tertiary/aromatic N) is 1. The highest BCUT2D eigenvalue weighted by Gasteiger charge is 1.89. The zero-order chi connectivity index (χ0) is 9.64. The molecule has 0 atom stereocenters. The van der Waals surface area contributed by atoms with Crippen molar-refractivity contribution in [3.8, 4) is 0 Å². The van der Waals surface area contributed by atoms with Crippen molar-refractivity contribution in [3.05, 3.63) is 53.7 Å². The monoisotopic (exact) mass is 203 g/mol. The van der Waals surface area contributed by atoms with Crippen molar-refractivity contribution < 1.29 is 4.42 Å². The molecule has 2 heterocycles. The summed E-state index contributed by atoms with van der Waals surface area (Å²) < 4.78 is 5.12. The molecular weight excluding hydrogens is 194 g/mol. The van der Waals surface area contributed by atoms with Gasteiger partial charge in [-0.1, -0.05) is 18.2 Å². The van der Waals surface area contributed by atoms with Crippen LogP contribution in [0.1, 0.15) is 0 Å².